The van der Waals surface area contributed by atoms with Crippen LogP contribution in [0.15, 0.2) is 29.8 Å². The number of carbonyl (C=O) groups is 1. The maximum absolute atomic E-state index is 10.7. The molecule has 1 rings (SSSR count). The molecule has 0 fully saturated rings. The van der Waals surface area contributed by atoms with Crippen molar-refractivity contribution in [2.75, 3.05) is 0 Å². The number of aldehydes is 1. The van der Waals surface area contributed by atoms with Gasteiger partial charge in [-0.2, -0.15) is 0 Å². The summed E-state index contributed by atoms with van der Waals surface area (Å²) in [6.07, 6.45) is 2.04. The molecule has 0 heterocycles. The minimum Gasteiger partial charge on any atom is -0.298 e. The molecule has 17 heavy (non-hydrogen) atoms. The van der Waals surface area contributed by atoms with Crippen molar-refractivity contribution >= 4 is 11.9 Å². The van der Waals surface area contributed by atoms with E-state index in [-0.39, 0.29) is 5.41 Å². The van der Waals surface area contributed by atoms with E-state index in [4.69, 9.17) is 0 Å². The van der Waals surface area contributed by atoms with Crippen LogP contribution in [0.3, 0.4) is 0 Å². The number of hydrogen-bond donors (Lipinski definition) is 0. The summed E-state index contributed by atoms with van der Waals surface area (Å²) in [4.78, 5) is 10.7. The molecule has 0 aromatic heterocycles. The fourth-order valence-electron chi connectivity index (χ4n) is 1.69. The van der Waals surface area contributed by atoms with E-state index in [0.29, 0.717) is 0 Å². The second-order valence-corrected chi connectivity index (χ2v) is 5.24. The summed E-state index contributed by atoms with van der Waals surface area (Å²) >= 11 is 0. The molecule has 0 atom stereocenters. The molecule has 0 amide bonds. The quantitative estimate of drug-likeness (QED) is 0.554. The number of hydrogen-bond acceptors (Lipinski definition) is 1. The summed E-state index contributed by atoms with van der Waals surface area (Å²) in [6, 6.07) is 8.55. The molecular formula is C16H22O. The van der Waals surface area contributed by atoms with Gasteiger partial charge in [-0.05, 0) is 48.0 Å². The summed E-state index contributed by atoms with van der Waals surface area (Å²) in [7, 11) is 0. The third-order valence-electron chi connectivity index (χ3n) is 3.75. The molecule has 0 aliphatic carbocycles. The van der Waals surface area contributed by atoms with Crippen LogP contribution >= 0.6 is 0 Å². The van der Waals surface area contributed by atoms with Crippen molar-refractivity contribution < 1.29 is 4.79 Å². The van der Waals surface area contributed by atoms with Crippen molar-refractivity contribution in [2.24, 2.45) is 0 Å². The zero-order chi connectivity index (χ0) is 13.1. The fraction of sp³-hybridized carbons (Fsp3) is 0.438. The summed E-state index contributed by atoms with van der Waals surface area (Å²) in [5.74, 6) is 0. The lowest BCUT2D eigenvalue weighted by atomic mass is 9.82. The first-order chi connectivity index (χ1) is 7.92. The molecule has 92 valence electrons. The largest absolute Gasteiger partial charge is 0.298 e. The van der Waals surface area contributed by atoms with Gasteiger partial charge in [0.2, 0.25) is 0 Å². The van der Waals surface area contributed by atoms with Crippen LogP contribution in [0.25, 0.3) is 5.57 Å². The van der Waals surface area contributed by atoms with Crippen molar-refractivity contribution in [3.63, 3.8) is 0 Å². The smallest absolute Gasteiger partial charge is 0.146 e. The highest BCUT2D eigenvalue weighted by Gasteiger charge is 2.17. The van der Waals surface area contributed by atoms with Gasteiger partial charge in [0, 0.05) is 0 Å². The van der Waals surface area contributed by atoms with Crippen molar-refractivity contribution in [1.29, 1.82) is 0 Å². The van der Waals surface area contributed by atoms with Crippen LogP contribution in [-0.4, -0.2) is 6.29 Å². The van der Waals surface area contributed by atoms with Gasteiger partial charge in [-0.3, -0.25) is 4.79 Å². The highest BCUT2D eigenvalue weighted by atomic mass is 16.1. The minimum absolute atomic E-state index is 0.218. The summed E-state index contributed by atoms with van der Waals surface area (Å²) in [5.41, 5.74) is 4.55. The lowest BCUT2D eigenvalue weighted by Crippen LogP contribution is -2.15. The molecule has 1 aromatic carbocycles. The standard InChI is InChI=1S/C16H22O/c1-6-16(4,5)15-9-7-14(8-10-15)13(3)12(2)11-17/h7-11H,6H2,1-5H3. The van der Waals surface area contributed by atoms with Crippen molar-refractivity contribution in [1.82, 2.24) is 0 Å². The van der Waals surface area contributed by atoms with Gasteiger partial charge < -0.3 is 0 Å². The maximum Gasteiger partial charge on any atom is 0.146 e. The van der Waals surface area contributed by atoms with E-state index in [1.807, 2.05) is 13.8 Å². The molecule has 0 unspecified atom stereocenters. The predicted molar refractivity (Wildman–Crippen MR) is 74.1 cm³/mol. The zero-order valence-electron chi connectivity index (χ0n) is 11.5. The Balaban J connectivity index is 3.09. The predicted octanol–water partition coefficient (Wildman–Crippen LogP) is 4.37. The molecule has 0 radical (unpaired) electrons. The van der Waals surface area contributed by atoms with Crippen LogP contribution in [0, 0.1) is 0 Å². The minimum atomic E-state index is 0.218. The molecule has 0 spiro atoms. The van der Waals surface area contributed by atoms with E-state index in [0.717, 1.165) is 29.4 Å². The third kappa shape index (κ3) is 3.06. The molecule has 1 aromatic rings. The Morgan fingerprint density at radius 1 is 1.18 bits per heavy atom. The lowest BCUT2D eigenvalue weighted by molar-refractivity contribution is -0.104. The number of benzene rings is 1. The Morgan fingerprint density at radius 3 is 2.12 bits per heavy atom. The molecule has 1 nitrogen and oxygen atoms in total. The van der Waals surface area contributed by atoms with Gasteiger partial charge in [0.25, 0.3) is 0 Å². The van der Waals surface area contributed by atoms with E-state index in [1.165, 1.54) is 5.56 Å². The second-order valence-electron chi connectivity index (χ2n) is 5.24. The first-order valence-corrected chi connectivity index (χ1v) is 6.16. The molecule has 0 bridgehead atoms. The number of rotatable bonds is 4. The van der Waals surface area contributed by atoms with E-state index in [1.54, 1.807) is 0 Å². The first kappa shape index (κ1) is 13.7. The Morgan fingerprint density at radius 2 is 1.71 bits per heavy atom. The van der Waals surface area contributed by atoms with Gasteiger partial charge in [0.1, 0.15) is 6.29 Å². The zero-order valence-corrected chi connectivity index (χ0v) is 11.5. The molecule has 1 heteroatoms. The molecule has 0 aliphatic heterocycles. The molecule has 0 saturated heterocycles. The Labute approximate surface area is 105 Å². The Hall–Kier alpha value is -1.37. The van der Waals surface area contributed by atoms with E-state index < -0.39 is 0 Å². The van der Waals surface area contributed by atoms with Gasteiger partial charge in [-0.15, -0.1) is 0 Å². The highest BCUT2D eigenvalue weighted by Crippen LogP contribution is 2.28. The van der Waals surface area contributed by atoms with Crippen molar-refractivity contribution in [2.45, 2.75) is 46.5 Å². The van der Waals surface area contributed by atoms with Crippen molar-refractivity contribution in [3.8, 4) is 0 Å². The van der Waals surface area contributed by atoms with Crippen LogP contribution in [0.1, 0.15) is 52.2 Å². The van der Waals surface area contributed by atoms with Crippen LogP contribution in [-0.2, 0) is 10.2 Å². The van der Waals surface area contributed by atoms with Crippen LogP contribution in [0.2, 0.25) is 0 Å². The third-order valence-corrected chi connectivity index (χ3v) is 3.75. The van der Waals surface area contributed by atoms with E-state index in [2.05, 4.69) is 45.0 Å². The van der Waals surface area contributed by atoms with Gasteiger partial charge in [-0.25, -0.2) is 0 Å². The van der Waals surface area contributed by atoms with Crippen LogP contribution < -0.4 is 0 Å². The molecule has 0 N–H and O–H groups in total. The Bertz CT molecular complexity index is 421. The highest BCUT2D eigenvalue weighted by molar-refractivity contribution is 5.86. The monoisotopic (exact) mass is 230 g/mol. The molecule has 0 saturated carbocycles. The summed E-state index contributed by atoms with van der Waals surface area (Å²) in [6.45, 7) is 10.5. The summed E-state index contributed by atoms with van der Waals surface area (Å²) < 4.78 is 0. The lowest BCUT2D eigenvalue weighted by Gasteiger charge is -2.23. The topological polar surface area (TPSA) is 17.1 Å². The first-order valence-electron chi connectivity index (χ1n) is 6.16. The van der Waals surface area contributed by atoms with Crippen LogP contribution in [0.4, 0.5) is 0 Å². The van der Waals surface area contributed by atoms with Crippen LogP contribution in [0.5, 0.6) is 0 Å². The summed E-state index contributed by atoms with van der Waals surface area (Å²) in [5, 5.41) is 0. The maximum atomic E-state index is 10.7. The normalized spacial score (nSPS) is 13.2. The SMILES string of the molecule is CCC(C)(C)c1ccc(C(C)=C(C)C=O)cc1. The van der Waals surface area contributed by atoms with E-state index in [9.17, 15) is 4.79 Å². The van der Waals surface area contributed by atoms with Gasteiger partial charge in [-0.1, -0.05) is 45.0 Å². The van der Waals surface area contributed by atoms with Gasteiger partial charge in [0.05, 0.1) is 0 Å². The van der Waals surface area contributed by atoms with Gasteiger partial charge in [0.15, 0.2) is 0 Å². The number of carbonyl (C=O) groups excluding carboxylic acids is 1. The molecule has 0 aliphatic rings. The fourth-order valence-corrected chi connectivity index (χ4v) is 1.69. The average Bonchev–Trinajstić information content (AvgIpc) is 2.37. The second kappa shape index (κ2) is 5.31. The average molecular weight is 230 g/mol. The van der Waals surface area contributed by atoms with Gasteiger partial charge >= 0.3 is 0 Å². The Kier molecular flexibility index (Phi) is 4.28. The molecular weight excluding hydrogens is 208 g/mol. The van der Waals surface area contributed by atoms with E-state index >= 15 is 0 Å². The van der Waals surface area contributed by atoms with Crippen molar-refractivity contribution in [3.05, 3.63) is 41.0 Å². The number of allylic oxidation sites excluding steroid dienone is 2.